The third-order valence-corrected chi connectivity index (χ3v) is 5.34. The smallest absolute Gasteiger partial charge is 0.237 e. The summed E-state index contributed by atoms with van der Waals surface area (Å²) >= 11 is 9.16. The fourth-order valence-electron chi connectivity index (χ4n) is 1.73. The molecule has 0 saturated heterocycles. The average Bonchev–Trinajstić information content (AvgIpc) is 3.04. The molecule has 2 heterocycles. The van der Waals surface area contributed by atoms with Crippen molar-refractivity contribution in [2.75, 3.05) is 5.73 Å². The molecule has 5 nitrogen and oxygen atoms in total. The Morgan fingerprint density at radius 1 is 1.33 bits per heavy atom. The second kappa shape index (κ2) is 6.05. The highest BCUT2D eigenvalue weighted by Crippen LogP contribution is 2.33. The van der Waals surface area contributed by atoms with E-state index in [-0.39, 0.29) is 0 Å². The Labute approximate surface area is 134 Å². The van der Waals surface area contributed by atoms with Gasteiger partial charge < -0.3 is 10.3 Å². The summed E-state index contributed by atoms with van der Waals surface area (Å²) in [6.07, 6.45) is 0. The van der Waals surface area contributed by atoms with Crippen molar-refractivity contribution in [3.63, 3.8) is 0 Å². The first kappa shape index (κ1) is 14.4. The van der Waals surface area contributed by atoms with Crippen molar-refractivity contribution >= 4 is 39.8 Å². The number of anilines is 1. The number of hydrogen-bond acceptors (Lipinski definition) is 7. The van der Waals surface area contributed by atoms with Crippen molar-refractivity contribution in [1.29, 1.82) is 0 Å². The van der Waals surface area contributed by atoms with Gasteiger partial charge in [-0.25, -0.2) is 4.98 Å². The van der Waals surface area contributed by atoms with Crippen LogP contribution in [0.4, 0.5) is 5.13 Å². The second-order valence-corrected chi connectivity index (χ2v) is 6.89. The Kier molecular flexibility index (Phi) is 4.14. The maximum atomic E-state index is 6.12. The van der Waals surface area contributed by atoms with Gasteiger partial charge in [0.15, 0.2) is 5.13 Å². The lowest BCUT2D eigenvalue weighted by Gasteiger charge is -1.96. The third kappa shape index (κ3) is 3.20. The lowest BCUT2D eigenvalue weighted by molar-refractivity contribution is 0.391. The van der Waals surface area contributed by atoms with Crippen molar-refractivity contribution in [3.05, 3.63) is 40.9 Å². The van der Waals surface area contributed by atoms with E-state index in [1.54, 1.807) is 17.8 Å². The van der Waals surface area contributed by atoms with Crippen molar-refractivity contribution in [3.8, 4) is 11.4 Å². The summed E-state index contributed by atoms with van der Waals surface area (Å²) in [5, 5.41) is 5.13. The zero-order valence-corrected chi connectivity index (χ0v) is 13.4. The van der Waals surface area contributed by atoms with E-state index >= 15 is 0 Å². The topological polar surface area (TPSA) is 77.8 Å². The summed E-state index contributed by atoms with van der Waals surface area (Å²) in [7, 11) is 0. The number of nitrogen functional groups attached to an aromatic ring is 1. The van der Waals surface area contributed by atoms with Crippen LogP contribution in [0.1, 0.15) is 11.6 Å². The van der Waals surface area contributed by atoms with E-state index in [4.69, 9.17) is 21.9 Å². The Bertz CT molecular complexity index is 771. The van der Waals surface area contributed by atoms with Crippen LogP contribution in [0.5, 0.6) is 0 Å². The number of nitrogens with two attached hydrogens (primary N) is 1. The van der Waals surface area contributed by atoms with Crippen LogP contribution in [0.15, 0.2) is 33.0 Å². The number of halogens is 1. The van der Waals surface area contributed by atoms with Gasteiger partial charge >= 0.3 is 0 Å². The van der Waals surface area contributed by atoms with Crippen molar-refractivity contribution in [2.24, 2.45) is 0 Å². The van der Waals surface area contributed by atoms with Gasteiger partial charge in [-0.3, -0.25) is 0 Å². The molecular formula is C13H11ClN4OS2. The molecule has 3 aromatic rings. The molecule has 0 amide bonds. The highest BCUT2D eigenvalue weighted by molar-refractivity contribution is 8.00. The standard InChI is InChI=1S/C13H11ClN4OS2/c1-7-12(21-13(15)16-7)20-6-10-17-11(18-19-10)8-4-2-3-5-9(8)14/h2-5H,6H2,1H3,(H2,15,16). The largest absolute Gasteiger partial charge is 0.375 e. The molecule has 8 heteroatoms. The van der Waals surface area contributed by atoms with Gasteiger partial charge in [0.1, 0.15) is 0 Å². The molecule has 108 valence electrons. The summed E-state index contributed by atoms with van der Waals surface area (Å²) in [5.74, 6) is 1.61. The number of benzene rings is 1. The molecule has 0 atom stereocenters. The predicted molar refractivity (Wildman–Crippen MR) is 85.6 cm³/mol. The quantitative estimate of drug-likeness (QED) is 0.723. The Morgan fingerprint density at radius 3 is 2.86 bits per heavy atom. The zero-order chi connectivity index (χ0) is 14.8. The summed E-state index contributed by atoms with van der Waals surface area (Å²) < 4.78 is 6.32. The van der Waals surface area contributed by atoms with Gasteiger partial charge in [-0.2, -0.15) is 4.98 Å². The van der Waals surface area contributed by atoms with E-state index in [0.29, 0.717) is 27.6 Å². The fraction of sp³-hybridized carbons (Fsp3) is 0.154. The number of nitrogens with zero attached hydrogens (tertiary/aromatic N) is 3. The minimum absolute atomic E-state index is 0.497. The monoisotopic (exact) mass is 338 g/mol. The maximum Gasteiger partial charge on any atom is 0.237 e. The zero-order valence-electron chi connectivity index (χ0n) is 11.0. The molecule has 2 aromatic heterocycles. The normalized spacial score (nSPS) is 11.0. The number of aromatic nitrogens is 3. The molecule has 0 unspecified atom stereocenters. The minimum atomic E-state index is 0.497. The van der Waals surface area contributed by atoms with Crippen LogP contribution in [0.3, 0.4) is 0 Å². The van der Waals surface area contributed by atoms with Crippen LogP contribution in [0.2, 0.25) is 5.02 Å². The number of rotatable bonds is 4. The SMILES string of the molecule is Cc1nc(N)sc1SCc1nc(-c2ccccc2Cl)no1. The van der Waals surface area contributed by atoms with E-state index < -0.39 is 0 Å². The molecule has 0 bridgehead atoms. The molecule has 2 N–H and O–H groups in total. The van der Waals surface area contributed by atoms with Gasteiger partial charge in [0, 0.05) is 5.56 Å². The molecular weight excluding hydrogens is 328 g/mol. The minimum Gasteiger partial charge on any atom is -0.375 e. The van der Waals surface area contributed by atoms with E-state index in [0.717, 1.165) is 15.5 Å². The van der Waals surface area contributed by atoms with E-state index in [1.807, 2.05) is 25.1 Å². The Balaban J connectivity index is 1.74. The highest BCUT2D eigenvalue weighted by atomic mass is 35.5. The molecule has 21 heavy (non-hydrogen) atoms. The number of thiazole rings is 1. The molecule has 0 aliphatic rings. The number of hydrogen-bond donors (Lipinski definition) is 1. The first-order valence-corrected chi connectivity index (χ1v) is 8.24. The summed E-state index contributed by atoms with van der Waals surface area (Å²) in [6, 6.07) is 7.40. The lowest BCUT2D eigenvalue weighted by atomic mass is 10.2. The van der Waals surface area contributed by atoms with Crippen molar-refractivity contribution < 1.29 is 4.52 Å². The van der Waals surface area contributed by atoms with E-state index in [1.165, 1.54) is 11.3 Å². The highest BCUT2D eigenvalue weighted by Gasteiger charge is 2.13. The van der Waals surface area contributed by atoms with Gasteiger partial charge in [-0.05, 0) is 19.1 Å². The molecule has 0 saturated carbocycles. The van der Waals surface area contributed by atoms with Crippen molar-refractivity contribution in [2.45, 2.75) is 16.9 Å². The van der Waals surface area contributed by atoms with Gasteiger partial charge in [0.2, 0.25) is 11.7 Å². The first-order chi connectivity index (χ1) is 10.1. The molecule has 0 spiro atoms. The van der Waals surface area contributed by atoms with Crippen LogP contribution in [0.25, 0.3) is 11.4 Å². The third-order valence-electron chi connectivity index (χ3n) is 2.68. The van der Waals surface area contributed by atoms with Gasteiger partial charge in [-0.1, -0.05) is 40.2 Å². The molecule has 0 aliphatic carbocycles. The number of aryl methyl sites for hydroxylation is 1. The molecule has 0 fully saturated rings. The van der Waals surface area contributed by atoms with Gasteiger partial charge in [0.05, 0.1) is 20.7 Å². The lowest BCUT2D eigenvalue weighted by Crippen LogP contribution is -1.84. The molecule has 1 aromatic carbocycles. The van der Waals surface area contributed by atoms with Gasteiger partial charge in [-0.15, -0.1) is 11.8 Å². The van der Waals surface area contributed by atoms with E-state index in [2.05, 4.69) is 15.1 Å². The van der Waals surface area contributed by atoms with Crippen LogP contribution >= 0.6 is 34.7 Å². The van der Waals surface area contributed by atoms with Gasteiger partial charge in [0.25, 0.3) is 0 Å². The molecule has 3 rings (SSSR count). The summed E-state index contributed by atoms with van der Waals surface area (Å²) in [5.41, 5.74) is 7.36. The molecule has 0 radical (unpaired) electrons. The summed E-state index contributed by atoms with van der Waals surface area (Å²) in [4.78, 5) is 8.54. The fourth-order valence-corrected chi connectivity index (χ4v) is 3.81. The Hall–Kier alpha value is -1.57. The van der Waals surface area contributed by atoms with Crippen LogP contribution in [-0.4, -0.2) is 15.1 Å². The van der Waals surface area contributed by atoms with Crippen LogP contribution in [0, 0.1) is 6.92 Å². The first-order valence-electron chi connectivity index (χ1n) is 6.06. The van der Waals surface area contributed by atoms with Crippen LogP contribution in [-0.2, 0) is 5.75 Å². The predicted octanol–water partition coefficient (Wildman–Crippen LogP) is 4.03. The Morgan fingerprint density at radius 2 is 2.14 bits per heavy atom. The van der Waals surface area contributed by atoms with Crippen molar-refractivity contribution in [1.82, 2.24) is 15.1 Å². The van der Waals surface area contributed by atoms with E-state index in [9.17, 15) is 0 Å². The van der Waals surface area contributed by atoms with Crippen LogP contribution < -0.4 is 5.73 Å². The molecule has 0 aliphatic heterocycles. The number of thioether (sulfide) groups is 1. The second-order valence-electron chi connectivity index (χ2n) is 4.21. The average molecular weight is 339 g/mol. The maximum absolute atomic E-state index is 6.12. The summed E-state index contributed by atoms with van der Waals surface area (Å²) in [6.45, 7) is 1.93.